The van der Waals surface area contributed by atoms with E-state index in [-0.39, 0.29) is 0 Å². The van der Waals surface area contributed by atoms with Gasteiger partial charge in [0.25, 0.3) is 0 Å². The van der Waals surface area contributed by atoms with E-state index in [9.17, 15) is 15.0 Å². The average Bonchev–Trinajstić information content (AvgIpc) is 2.54. The Labute approximate surface area is 133 Å². The van der Waals surface area contributed by atoms with E-state index in [0.717, 1.165) is 5.39 Å². The van der Waals surface area contributed by atoms with Crippen molar-refractivity contribution in [3.8, 4) is 0 Å². The Morgan fingerprint density at radius 1 is 1.22 bits per heavy atom. The lowest BCUT2D eigenvalue weighted by molar-refractivity contribution is -0.0953. The molecule has 1 aromatic carbocycles. The minimum absolute atomic E-state index is 0.400. The van der Waals surface area contributed by atoms with Gasteiger partial charge in [0, 0.05) is 30.3 Å². The van der Waals surface area contributed by atoms with Crippen LogP contribution in [0.4, 0.5) is 5.69 Å². The molecule has 0 spiro atoms. The van der Waals surface area contributed by atoms with Crippen LogP contribution in [0.2, 0.25) is 0 Å². The minimum Gasteiger partial charge on any atom is -0.423 e. The summed E-state index contributed by atoms with van der Waals surface area (Å²) < 4.78 is 10.0. The Bertz CT molecular complexity index is 696. The molecule has 126 valence electrons. The van der Waals surface area contributed by atoms with Crippen LogP contribution < -0.4 is 10.9 Å². The van der Waals surface area contributed by atoms with E-state index < -0.39 is 36.6 Å². The minimum atomic E-state index is -1.24. The second kappa shape index (κ2) is 7.56. The fourth-order valence-electron chi connectivity index (χ4n) is 2.34. The SMILES string of the molecule is COC(CO)C(O)C(O)[C@@H](C)Nc1ccc2ccc(=O)oc2c1. The molecule has 1 heterocycles. The van der Waals surface area contributed by atoms with Gasteiger partial charge >= 0.3 is 5.63 Å². The lowest BCUT2D eigenvalue weighted by Crippen LogP contribution is -2.48. The van der Waals surface area contributed by atoms with E-state index in [1.54, 1.807) is 31.2 Å². The normalized spacial score (nSPS) is 16.7. The van der Waals surface area contributed by atoms with Crippen LogP contribution in [0, 0.1) is 0 Å². The zero-order valence-electron chi connectivity index (χ0n) is 13.0. The Hall–Kier alpha value is -1.93. The number of hydrogen-bond donors (Lipinski definition) is 4. The summed E-state index contributed by atoms with van der Waals surface area (Å²) in [5, 5.41) is 33.1. The van der Waals surface area contributed by atoms with Gasteiger partial charge in [-0.3, -0.25) is 0 Å². The molecule has 7 heteroatoms. The zero-order valence-corrected chi connectivity index (χ0v) is 13.0. The van der Waals surface area contributed by atoms with Crippen LogP contribution in [-0.4, -0.2) is 53.4 Å². The Kier molecular flexibility index (Phi) is 5.73. The summed E-state index contributed by atoms with van der Waals surface area (Å²) in [5.74, 6) is 0. The number of aliphatic hydroxyl groups excluding tert-OH is 3. The monoisotopic (exact) mass is 323 g/mol. The van der Waals surface area contributed by atoms with Crippen LogP contribution in [0.5, 0.6) is 0 Å². The van der Waals surface area contributed by atoms with Crippen molar-refractivity contribution in [3.63, 3.8) is 0 Å². The molecule has 1 aromatic heterocycles. The first-order valence-corrected chi connectivity index (χ1v) is 7.26. The number of methoxy groups -OCH3 is 1. The summed E-state index contributed by atoms with van der Waals surface area (Å²) in [4.78, 5) is 11.3. The summed E-state index contributed by atoms with van der Waals surface area (Å²) >= 11 is 0. The summed E-state index contributed by atoms with van der Waals surface area (Å²) in [6.45, 7) is 1.28. The highest BCUT2D eigenvalue weighted by Gasteiger charge is 2.29. The van der Waals surface area contributed by atoms with Gasteiger partial charge in [0.2, 0.25) is 0 Å². The molecule has 0 fully saturated rings. The van der Waals surface area contributed by atoms with Crippen LogP contribution in [0.15, 0.2) is 39.5 Å². The number of nitrogens with one attached hydrogen (secondary N) is 1. The summed E-state index contributed by atoms with van der Waals surface area (Å²) in [6, 6.07) is 7.68. The van der Waals surface area contributed by atoms with Crippen LogP contribution >= 0.6 is 0 Å². The van der Waals surface area contributed by atoms with E-state index >= 15 is 0 Å². The topological polar surface area (TPSA) is 112 Å². The largest absolute Gasteiger partial charge is 0.423 e. The fraction of sp³-hybridized carbons (Fsp3) is 0.438. The molecule has 3 unspecified atom stereocenters. The molecule has 0 bridgehead atoms. The molecular formula is C16H21NO6. The lowest BCUT2D eigenvalue weighted by Gasteiger charge is -2.29. The van der Waals surface area contributed by atoms with E-state index in [1.807, 2.05) is 0 Å². The third-order valence-electron chi connectivity index (χ3n) is 3.74. The molecule has 0 aliphatic rings. The highest BCUT2D eigenvalue weighted by molar-refractivity contribution is 5.80. The first-order chi connectivity index (χ1) is 11.0. The lowest BCUT2D eigenvalue weighted by atomic mass is 10.0. The number of ether oxygens (including phenoxy) is 1. The molecule has 4 atom stereocenters. The smallest absolute Gasteiger partial charge is 0.336 e. The van der Waals surface area contributed by atoms with Crippen molar-refractivity contribution in [3.05, 3.63) is 40.8 Å². The second-order valence-corrected chi connectivity index (χ2v) is 5.38. The highest BCUT2D eigenvalue weighted by atomic mass is 16.5. The predicted molar refractivity (Wildman–Crippen MR) is 85.5 cm³/mol. The van der Waals surface area contributed by atoms with E-state index in [2.05, 4.69) is 5.32 Å². The van der Waals surface area contributed by atoms with Crippen molar-refractivity contribution in [1.82, 2.24) is 0 Å². The fourth-order valence-corrected chi connectivity index (χ4v) is 2.34. The molecule has 4 N–H and O–H groups in total. The molecule has 0 aliphatic carbocycles. The second-order valence-electron chi connectivity index (χ2n) is 5.38. The standard InChI is InChI=1S/C16H21NO6/c1-9(15(20)16(21)13(8-18)22-2)17-11-5-3-10-4-6-14(19)23-12(10)7-11/h3-7,9,13,15-18,20-21H,8H2,1-2H3/t9-,13?,15?,16?/m1/s1. The molecule has 23 heavy (non-hydrogen) atoms. The number of anilines is 1. The number of benzene rings is 1. The maximum Gasteiger partial charge on any atom is 0.336 e. The van der Waals surface area contributed by atoms with Gasteiger partial charge < -0.3 is 29.8 Å². The van der Waals surface area contributed by atoms with Crippen molar-refractivity contribution in [2.24, 2.45) is 0 Å². The Morgan fingerprint density at radius 2 is 1.91 bits per heavy atom. The summed E-state index contributed by atoms with van der Waals surface area (Å²) in [6.07, 6.45) is -3.28. The van der Waals surface area contributed by atoms with Crippen molar-refractivity contribution in [1.29, 1.82) is 0 Å². The molecular weight excluding hydrogens is 302 g/mol. The third-order valence-corrected chi connectivity index (χ3v) is 3.74. The third kappa shape index (κ3) is 4.08. The maximum atomic E-state index is 11.3. The molecule has 0 amide bonds. The molecule has 0 radical (unpaired) electrons. The van der Waals surface area contributed by atoms with Gasteiger partial charge in [0.15, 0.2) is 0 Å². The maximum absolute atomic E-state index is 11.3. The van der Waals surface area contributed by atoms with E-state index in [1.165, 1.54) is 13.2 Å². The van der Waals surface area contributed by atoms with Gasteiger partial charge in [-0.25, -0.2) is 4.79 Å². The quantitative estimate of drug-likeness (QED) is 0.543. The summed E-state index contributed by atoms with van der Waals surface area (Å²) in [5.41, 5.74) is 0.613. The molecule has 0 saturated heterocycles. The van der Waals surface area contributed by atoms with Crippen LogP contribution in [-0.2, 0) is 4.74 Å². The first kappa shape index (κ1) is 17.4. The number of hydrogen-bond acceptors (Lipinski definition) is 7. The average molecular weight is 323 g/mol. The van der Waals surface area contributed by atoms with Gasteiger partial charge in [0.1, 0.15) is 23.9 Å². The number of rotatable bonds is 7. The van der Waals surface area contributed by atoms with Crippen molar-refractivity contribution in [2.75, 3.05) is 19.0 Å². The Balaban J connectivity index is 2.12. The van der Waals surface area contributed by atoms with Gasteiger partial charge in [0.05, 0.1) is 12.6 Å². The van der Waals surface area contributed by atoms with Gasteiger partial charge in [-0.15, -0.1) is 0 Å². The predicted octanol–water partition coefficient (Wildman–Crippen LogP) is 0.322. The molecule has 2 rings (SSSR count). The van der Waals surface area contributed by atoms with Crippen molar-refractivity contribution >= 4 is 16.7 Å². The van der Waals surface area contributed by atoms with Crippen molar-refractivity contribution in [2.45, 2.75) is 31.3 Å². The number of fused-ring (bicyclic) bond motifs is 1. The molecule has 0 saturated carbocycles. The molecule has 7 nitrogen and oxygen atoms in total. The summed E-state index contributed by atoms with van der Waals surface area (Å²) in [7, 11) is 1.35. The van der Waals surface area contributed by atoms with Crippen molar-refractivity contribution < 1.29 is 24.5 Å². The van der Waals surface area contributed by atoms with E-state index in [4.69, 9.17) is 14.3 Å². The van der Waals surface area contributed by atoms with Crippen LogP contribution in [0.3, 0.4) is 0 Å². The highest BCUT2D eigenvalue weighted by Crippen LogP contribution is 2.19. The van der Waals surface area contributed by atoms with Gasteiger partial charge in [-0.05, 0) is 25.1 Å². The Morgan fingerprint density at radius 3 is 2.57 bits per heavy atom. The molecule has 0 aliphatic heterocycles. The van der Waals surface area contributed by atoms with Gasteiger partial charge in [-0.2, -0.15) is 0 Å². The number of aliphatic hydroxyl groups is 3. The van der Waals surface area contributed by atoms with Crippen LogP contribution in [0.25, 0.3) is 11.0 Å². The van der Waals surface area contributed by atoms with Gasteiger partial charge in [-0.1, -0.05) is 0 Å². The van der Waals surface area contributed by atoms with Crippen LogP contribution in [0.1, 0.15) is 6.92 Å². The first-order valence-electron chi connectivity index (χ1n) is 7.26. The molecule has 2 aromatic rings. The van der Waals surface area contributed by atoms with E-state index in [0.29, 0.717) is 11.3 Å². The zero-order chi connectivity index (χ0) is 17.0.